The Morgan fingerprint density at radius 1 is 1.00 bits per heavy atom. The molecule has 4 rings (SSSR count). The van der Waals surface area contributed by atoms with Crippen molar-refractivity contribution in [1.29, 1.82) is 0 Å². The summed E-state index contributed by atoms with van der Waals surface area (Å²) >= 11 is 0. The second-order valence-electron chi connectivity index (χ2n) is 4.48. The second-order valence-corrected chi connectivity index (χ2v) is 4.48. The molecule has 0 N–H and O–H groups in total. The van der Waals surface area contributed by atoms with Crippen molar-refractivity contribution in [3.05, 3.63) is 60.8 Å². The van der Waals surface area contributed by atoms with Gasteiger partial charge in [0.15, 0.2) is 0 Å². The maximum Gasteiger partial charge on any atom is 0.235 e. The lowest BCUT2D eigenvalue weighted by Crippen LogP contribution is -1.92. The molecule has 0 bridgehead atoms. The average Bonchev–Trinajstić information content (AvgIpc) is 2.85. The Labute approximate surface area is 113 Å². The van der Waals surface area contributed by atoms with Crippen molar-refractivity contribution < 1.29 is 4.39 Å². The van der Waals surface area contributed by atoms with E-state index in [4.69, 9.17) is 0 Å². The quantitative estimate of drug-likeness (QED) is 0.530. The Hall–Kier alpha value is -2.82. The van der Waals surface area contributed by atoms with Gasteiger partial charge in [0.05, 0.1) is 22.9 Å². The summed E-state index contributed by atoms with van der Waals surface area (Å²) in [5.74, 6) is 0.214. The molecule has 0 aliphatic rings. The van der Waals surface area contributed by atoms with Crippen LogP contribution in [0.4, 0.5) is 4.39 Å². The lowest BCUT2D eigenvalue weighted by atomic mass is 10.2. The van der Waals surface area contributed by atoms with Crippen LogP contribution >= 0.6 is 0 Å². The fourth-order valence-electron chi connectivity index (χ4n) is 2.26. The van der Waals surface area contributed by atoms with Gasteiger partial charge in [-0.25, -0.2) is 14.4 Å². The minimum atomic E-state index is -0.377. The van der Waals surface area contributed by atoms with E-state index in [1.807, 2.05) is 40.9 Å². The van der Waals surface area contributed by atoms with Gasteiger partial charge in [-0.15, -0.1) is 0 Å². The minimum Gasteiger partial charge on any atom is -0.284 e. The van der Waals surface area contributed by atoms with Crippen LogP contribution in [0, 0.1) is 5.82 Å². The summed E-state index contributed by atoms with van der Waals surface area (Å²) in [5.41, 5.74) is 3.17. The number of hydrogen-bond donors (Lipinski definition) is 0. The zero-order valence-corrected chi connectivity index (χ0v) is 10.4. The molecule has 4 nitrogen and oxygen atoms in total. The van der Waals surface area contributed by atoms with Crippen LogP contribution < -0.4 is 0 Å². The number of nitrogens with zero attached hydrogens (tertiary/aromatic N) is 4. The van der Waals surface area contributed by atoms with E-state index >= 15 is 0 Å². The third-order valence-electron chi connectivity index (χ3n) is 3.18. The first-order chi connectivity index (χ1) is 9.81. The molecule has 3 aromatic heterocycles. The van der Waals surface area contributed by atoms with Gasteiger partial charge >= 0.3 is 0 Å². The van der Waals surface area contributed by atoms with Gasteiger partial charge in [-0.1, -0.05) is 12.1 Å². The molecule has 0 aliphatic carbocycles. The van der Waals surface area contributed by atoms with Crippen LogP contribution in [0.15, 0.2) is 55.0 Å². The third kappa shape index (κ3) is 1.64. The molecule has 4 aromatic rings. The molecule has 20 heavy (non-hydrogen) atoms. The number of benzene rings is 1. The summed E-state index contributed by atoms with van der Waals surface area (Å²) in [5, 5.41) is 0. The summed E-state index contributed by atoms with van der Waals surface area (Å²) in [6, 6.07) is 11.1. The summed E-state index contributed by atoms with van der Waals surface area (Å²) in [6.45, 7) is 0. The lowest BCUT2D eigenvalue weighted by Gasteiger charge is -2.01. The second kappa shape index (κ2) is 4.09. The molecule has 0 spiro atoms. The molecule has 3 heterocycles. The van der Waals surface area contributed by atoms with E-state index in [1.54, 1.807) is 6.20 Å². The first kappa shape index (κ1) is 11.0. The zero-order valence-electron chi connectivity index (χ0n) is 10.4. The van der Waals surface area contributed by atoms with Gasteiger partial charge in [0.25, 0.3) is 0 Å². The van der Waals surface area contributed by atoms with Crippen molar-refractivity contribution in [1.82, 2.24) is 19.4 Å². The van der Waals surface area contributed by atoms with E-state index in [0.29, 0.717) is 17.0 Å². The van der Waals surface area contributed by atoms with Crippen LogP contribution in [0.5, 0.6) is 0 Å². The van der Waals surface area contributed by atoms with Crippen molar-refractivity contribution in [3.63, 3.8) is 0 Å². The molecule has 0 radical (unpaired) electrons. The third-order valence-corrected chi connectivity index (χ3v) is 3.18. The molecule has 0 amide bonds. The number of rotatable bonds is 1. The summed E-state index contributed by atoms with van der Waals surface area (Å²) in [7, 11) is 0. The summed E-state index contributed by atoms with van der Waals surface area (Å²) in [6.07, 6.45) is 4.65. The Balaban J connectivity index is 1.97. The monoisotopic (exact) mass is 264 g/mol. The van der Waals surface area contributed by atoms with Crippen molar-refractivity contribution in [2.45, 2.75) is 0 Å². The SMILES string of the molecule is Fc1cncc(-c2ccn3c(n2)nc2ccccc23)c1. The Kier molecular flexibility index (Phi) is 2.26. The molecule has 0 atom stereocenters. The van der Waals surface area contributed by atoms with E-state index in [1.165, 1.54) is 12.3 Å². The van der Waals surface area contributed by atoms with Gasteiger partial charge in [0.2, 0.25) is 5.78 Å². The van der Waals surface area contributed by atoms with Gasteiger partial charge < -0.3 is 0 Å². The van der Waals surface area contributed by atoms with Crippen molar-refractivity contribution in [2.24, 2.45) is 0 Å². The van der Waals surface area contributed by atoms with Crippen LogP contribution in [0.2, 0.25) is 0 Å². The van der Waals surface area contributed by atoms with Crippen LogP contribution in [-0.2, 0) is 0 Å². The highest BCUT2D eigenvalue weighted by atomic mass is 19.1. The number of pyridine rings is 1. The summed E-state index contributed by atoms with van der Waals surface area (Å²) in [4.78, 5) is 12.8. The van der Waals surface area contributed by atoms with E-state index in [2.05, 4.69) is 15.0 Å². The minimum absolute atomic E-state index is 0.377. The molecule has 0 unspecified atom stereocenters. The Morgan fingerprint density at radius 2 is 1.90 bits per heavy atom. The highest BCUT2D eigenvalue weighted by Gasteiger charge is 2.07. The maximum atomic E-state index is 13.2. The number of para-hydroxylation sites is 2. The van der Waals surface area contributed by atoms with Crippen LogP contribution in [-0.4, -0.2) is 19.4 Å². The van der Waals surface area contributed by atoms with Crippen molar-refractivity contribution in [2.75, 3.05) is 0 Å². The van der Waals surface area contributed by atoms with Crippen molar-refractivity contribution >= 4 is 16.8 Å². The van der Waals surface area contributed by atoms with E-state index in [-0.39, 0.29) is 5.82 Å². The summed E-state index contributed by atoms with van der Waals surface area (Å²) < 4.78 is 15.1. The first-order valence-corrected chi connectivity index (χ1v) is 6.16. The van der Waals surface area contributed by atoms with Gasteiger partial charge in [-0.2, -0.15) is 0 Å². The average molecular weight is 264 g/mol. The maximum absolute atomic E-state index is 13.2. The predicted molar refractivity (Wildman–Crippen MR) is 73.7 cm³/mol. The largest absolute Gasteiger partial charge is 0.284 e. The van der Waals surface area contributed by atoms with Crippen LogP contribution in [0.25, 0.3) is 28.1 Å². The molecular weight excluding hydrogens is 255 g/mol. The fourth-order valence-corrected chi connectivity index (χ4v) is 2.26. The number of imidazole rings is 1. The molecule has 0 saturated heterocycles. The van der Waals surface area contributed by atoms with Crippen LogP contribution in [0.3, 0.4) is 0 Å². The topological polar surface area (TPSA) is 43.1 Å². The Bertz CT molecular complexity index is 929. The number of fused-ring (bicyclic) bond motifs is 3. The smallest absolute Gasteiger partial charge is 0.235 e. The predicted octanol–water partition coefficient (Wildman–Crippen LogP) is 3.08. The first-order valence-electron chi connectivity index (χ1n) is 6.16. The number of halogens is 1. The van der Waals surface area contributed by atoms with E-state index in [9.17, 15) is 4.39 Å². The molecule has 0 saturated carbocycles. The highest BCUT2D eigenvalue weighted by molar-refractivity contribution is 5.79. The molecule has 1 aromatic carbocycles. The van der Waals surface area contributed by atoms with Gasteiger partial charge in [0, 0.05) is 18.0 Å². The molecular formula is C15H9FN4. The lowest BCUT2D eigenvalue weighted by molar-refractivity contribution is 0.622. The van der Waals surface area contributed by atoms with Gasteiger partial charge in [-0.3, -0.25) is 9.38 Å². The van der Waals surface area contributed by atoms with E-state index < -0.39 is 0 Å². The standard InChI is InChI=1S/C15H9FN4/c16-11-7-10(8-17-9-11)12-5-6-20-14-4-2-1-3-13(14)19-15(20)18-12/h1-9H. The van der Waals surface area contributed by atoms with Crippen molar-refractivity contribution in [3.8, 4) is 11.3 Å². The zero-order chi connectivity index (χ0) is 13.5. The Morgan fingerprint density at radius 3 is 2.80 bits per heavy atom. The van der Waals surface area contributed by atoms with Gasteiger partial charge in [0.1, 0.15) is 5.82 Å². The number of hydrogen-bond acceptors (Lipinski definition) is 3. The molecule has 5 heteroatoms. The van der Waals surface area contributed by atoms with E-state index in [0.717, 1.165) is 11.0 Å². The fraction of sp³-hybridized carbons (Fsp3) is 0. The molecule has 0 aliphatic heterocycles. The van der Waals surface area contributed by atoms with Crippen LogP contribution in [0.1, 0.15) is 0 Å². The molecule has 0 fully saturated rings. The highest BCUT2D eigenvalue weighted by Crippen LogP contribution is 2.20. The molecule has 96 valence electrons. The normalized spacial score (nSPS) is 11.2. The van der Waals surface area contributed by atoms with Gasteiger partial charge in [-0.05, 0) is 24.3 Å². The number of aromatic nitrogens is 4.